The van der Waals surface area contributed by atoms with Crippen molar-refractivity contribution in [3.63, 3.8) is 0 Å². The summed E-state index contributed by atoms with van der Waals surface area (Å²) in [5.41, 5.74) is 13.5. The van der Waals surface area contributed by atoms with Crippen molar-refractivity contribution in [2.24, 2.45) is 0 Å². The number of hydrogen-bond donors (Lipinski definition) is 0. The fraction of sp³-hybridized carbons (Fsp3) is 0. The molecule has 0 aliphatic rings. The van der Waals surface area contributed by atoms with Gasteiger partial charge >= 0.3 is 0 Å². The van der Waals surface area contributed by atoms with Crippen LogP contribution in [0.3, 0.4) is 0 Å². The summed E-state index contributed by atoms with van der Waals surface area (Å²) in [7, 11) is 0. The Morgan fingerprint density at radius 2 is 0.831 bits per heavy atom. The largest absolute Gasteiger partial charge is 0.455 e. The van der Waals surface area contributed by atoms with E-state index >= 15 is 0 Å². The Balaban J connectivity index is 0.971. The van der Waals surface area contributed by atoms with Gasteiger partial charge in [-0.3, -0.25) is 0 Å². The van der Waals surface area contributed by atoms with Crippen LogP contribution in [-0.4, -0.2) is 0 Å². The molecule has 12 aromatic rings. The Morgan fingerprint density at radius 3 is 1.58 bits per heavy atom. The first-order valence-electron chi connectivity index (χ1n) is 20.1. The summed E-state index contributed by atoms with van der Waals surface area (Å²) in [6, 6.07) is 75.6. The number of fused-ring (bicyclic) bond motifs is 10. The first-order valence-corrected chi connectivity index (χ1v) is 20.1. The number of hydrogen-bond acceptors (Lipinski definition) is 3. The predicted octanol–water partition coefficient (Wildman–Crippen LogP) is 16.3. The summed E-state index contributed by atoms with van der Waals surface area (Å²) in [5.74, 6) is 0. The molecule has 0 radical (unpaired) electrons. The molecule has 3 nitrogen and oxygen atoms in total. The summed E-state index contributed by atoms with van der Waals surface area (Å²) in [5, 5.41) is 9.26. The molecule has 0 saturated carbocycles. The molecule has 59 heavy (non-hydrogen) atoms. The van der Waals surface area contributed by atoms with E-state index in [4.69, 9.17) is 8.83 Å². The molecular formula is C56H35NO2. The molecule has 276 valence electrons. The average molecular weight is 754 g/mol. The molecule has 0 saturated heterocycles. The third kappa shape index (κ3) is 5.44. The summed E-state index contributed by atoms with van der Waals surface area (Å²) in [6.07, 6.45) is 0. The van der Waals surface area contributed by atoms with Gasteiger partial charge in [0.2, 0.25) is 0 Å². The fourth-order valence-corrected chi connectivity index (χ4v) is 9.03. The van der Waals surface area contributed by atoms with Crippen LogP contribution in [0.2, 0.25) is 0 Å². The van der Waals surface area contributed by atoms with Crippen molar-refractivity contribution in [2.75, 3.05) is 4.90 Å². The molecule has 0 spiro atoms. The molecule has 0 bridgehead atoms. The van der Waals surface area contributed by atoms with Gasteiger partial charge in [0.1, 0.15) is 22.3 Å². The lowest BCUT2D eigenvalue weighted by Crippen LogP contribution is -2.10. The van der Waals surface area contributed by atoms with E-state index in [1.54, 1.807) is 0 Å². The van der Waals surface area contributed by atoms with E-state index in [0.717, 1.165) is 94.1 Å². The van der Waals surface area contributed by atoms with E-state index in [1.165, 1.54) is 21.7 Å². The first kappa shape index (κ1) is 33.3. The fourth-order valence-electron chi connectivity index (χ4n) is 9.03. The van der Waals surface area contributed by atoms with Gasteiger partial charge in [-0.1, -0.05) is 164 Å². The molecule has 0 amide bonds. The molecule has 0 unspecified atom stereocenters. The second kappa shape index (κ2) is 13.4. The predicted molar refractivity (Wildman–Crippen MR) is 247 cm³/mol. The maximum Gasteiger partial charge on any atom is 0.143 e. The van der Waals surface area contributed by atoms with Crippen LogP contribution in [0.1, 0.15) is 0 Å². The van der Waals surface area contributed by atoms with E-state index < -0.39 is 0 Å². The van der Waals surface area contributed by atoms with Crippen LogP contribution in [0.25, 0.3) is 98.8 Å². The topological polar surface area (TPSA) is 29.5 Å². The van der Waals surface area contributed by atoms with Crippen LogP contribution in [-0.2, 0) is 0 Å². The lowest BCUT2D eigenvalue weighted by Gasteiger charge is -2.26. The lowest BCUT2D eigenvalue weighted by atomic mass is 9.98. The Labute approximate surface area is 340 Å². The monoisotopic (exact) mass is 753 g/mol. The van der Waals surface area contributed by atoms with Crippen molar-refractivity contribution in [1.82, 2.24) is 0 Å². The summed E-state index contributed by atoms with van der Waals surface area (Å²) < 4.78 is 13.3. The van der Waals surface area contributed by atoms with Gasteiger partial charge in [-0.2, -0.15) is 0 Å². The highest BCUT2D eigenvalue weighted by molar-refractivity contribution is 6.24. The van der Waals surface area contributed by atoms with E-state index in [-0.39, 0.29) is 0 Å². The van der Waals surface area contributed by atoms with Crippen molar-refractivity contribution >= 4 is 82.5 Å². The van der Waals surface area contributed by atoms with Gasteiger partial charge in [-0.25, -0.2) is 0 Å². The average Bonchev–Trinajstić information content (AvgIpc) is 3.89. The minimum atomic E-state index is 0.901. The molecular weight excluding hydrogens is 719 g/mol. The van der Waals surface area contributed by atoms with E-state index in [0.29, 0.717) is 0 Å². The number of benzene rings is 10. The van der Waals surface area contributed by atoms with Gasteiger partial charge < -0.3 is 13.7 Å². The van der Waals surface area contributed by atoms with Crippen LogP contribution in [0.15, 0.2) is 221 Å². The van der Waals surface area contributed by atoms with Gasteiger partial charge in [0.25, 0.3) is 0 Å². The number of nitrogens with zero attached hydrogens (tertiary/aromatic N) is 1. The van der Waals surface area contributed by atoms with E-state index in [2.05, 4.69) is 205 Å². The highest BCUT2D eigenvalue weighted by atomic mass is 16.3. The van der Waals surface area contributed by atoms with Gasteiger partial charge in [0.15, 0.2) is 0 Å². The third-order valence-corrected chi connectivity index (χ3v) is 11.9. The Bertz CT molecular complexity index is 3540. The summed E-state index contributed by atoms with van der Waals surface area (Å²) in [4.78, 5) is 2.33. The van der Waals surface area contributed by atoms with Gasteiger partial charge in [0, 0.05) is 55.1 Å². The smallest absolute Gasteiger partial charge is 0.143 e. The molecule has 0 atom stereocenters. The van der Waals surface area contributed by atoms with Crippen molar-refractivity contribution < 1.29 is 8.83 Å². The number of anilines is 3. The normalized spacial score (nSPS) is 11.7. The maximum atomic E-state index is 6.91. The summed E-state index contributed by atoms with van der Waals surface area (Å²) in [6.45, 7) is 0. The number of rotatable bonds is 6. The third-order valence-electron chi connectivity index (χ3n) is 11.9. The van der Waals surface area contributed by atoms with Gasteiger partial charge in [0.05, 0.1) is 0 Å². The van der Waals surface area contributed by atoms with Crippen molar-refractivity contribution in [2.45, 2.75) is 0 Å². The molecule has 0 fully saturated rings. The van der Waals surface area contributed by atoms with E-state index in [1.807, 2.05) is 12.1 Å². The minimum absolute atomic E-state index is 0.901. The minimum Gasteiger partial charge on any atom is -0.455 e. The number of para-hydroxylation sites is 3. The van der Waals surface area contributed by atoms with Crippen LogP contribution < -0.4 is 4.90 Å². The Hall–Kier alpha value is -7.88. The molecule has 10 aromatic carbocycles. The zero-order chi connectivity index (χ0) is 38.9. The highest BCUT2D eigenvalue weighted by Crippen LogP contribution is 2.43. The van der Waals surface area contributed by atoms with Crippen molar-refractivity contribution in [3.05, 3.63) is 212 Å². The second-order valence-corrected chi connectivity index (χ2v) is 15.2. The van der Waals surface area contributed by atoms with Gasteiger partial charge in [-0.15, -0.1) is 0 Å². The summed E-state index contributed by atoms with van der Waals surface area (Å²) >= 11 is 0. The van der Waals surface area contributed by atoms with Crippen molar-refractivity contribution in [3.8, 4) is 33.4 Å². The maximum absolute atomic E-state index is 6.91. The highest BCUT2D eigenvalue weighted by Gasteiger charge is 2.19. The lowest BCUT2D eigenvalue weighted by molar-refractivity contribution is 0.670. The zero-order valence-electron chi connectivity index (χ0n) is 32.0. The SMILES string of the molecule is c1ccc(-c2cccc(N(c3ccc(-c4cccc5c4oc4ccccc45)cc3)c3ccc(-c4cccc5c4oc4c5ccc5ccc6ccccc6c54)cc3)c2)cc1. The molecule has 12 rings (SSSR count). The zero-order valence-corrected chi connectivity index (χ0v) is 32.0. The Morgan fingerprint density at radius 1 is 0.288 bits per heavy atom. The molecule has 0 N–H and O–H groups in total. The standard InChI is InChI=1S/C56H35NO2/c1-2-11-36(12-3-1)41-14-8-15-44(35-41)57(42-30-25-38(26-31-42)46-18-9-20-49-48-17-6-7-22-52(48)58-54(46)49)43-32-27-39(28-33-43)47-19-10-21-50-51-34-29-40-24-23-37-13-4-5-16-45(37)53(40)56(51)59-55(47)50/h1-35H. The van der Waals surface area contributed by atoms with Crippen LogP contribution >= 0.6 is 0 Å². The molecule has 2 aromatic heterocycles. The second-order valence-electron chi connectivity index (χ2n) is 15.2. The molecule has 3 heteroatoms. The quantitative estimate of drug-likeness (QED) is 0.158. The Kier molecular flexibility index (Phi) is 7.54. The van der Waals surface area contributed by atoms with Crippen molar-refractivity contribution in [1.29, 1.82) is 0 Å². The van der Waals surface area contributed by atoms with Crippen LogP contribution in [0.4, 0.5) is 17.1 Å². The molecule has 2 heterocycles. The van der Waals surface area contributed by atoms with Gasteiger partial charge in [-0.05, 0) is 86.9 Å². The molecule has 0 aliphatic carbocycles. The molecule has 0 aliphatic heterocycles. The number of furan rings is 2. The van der Waals surface area contributed by atoms with E-state index in [9.17, 15) is 0 Å². The van der Waals surface area contributed by atoms with Crippen LogP contribution in [0, 0.1) is 0 Å². The van der Waals surface area contributed by atoms with Crippen LogP contribution in [0.5, 0.6) is 0 Å². The first-order chi connectivity index (χ1) is 29.2.